The summed E-state index contributed by atoms with van der Waals surface area (Å²) in [7, 11) is 0. The van der Waals surface area contributed by atoms with Crippen molar-refractivity contribution in [3.8, 4) is 5.75 Å². The molecule has 0 bridgehead atoms. The minimum Gasteiger partial charge on any atom is -0.507 e. The van der Waals surface area contributed by atoms with Gasteiger partial charge in [0.05, 0.1) is 12.6 Å². The second-order valence-electron chi connectivity index (χ2n) is 4.43. The molecule has 0 aliphatic carbocycles. The second-order valence-corrected chi connectivity index (χ2v) is 5.49. The minimum absolute atomic E-state index is 0.00221. The summed E-state index contributed by atoms with van der Waals surface area (Å²) in [5, 5.41) is 24.3. The molecule has 1 heterocycles. The van der Waals surface area contributed by atoms with Crippen LogP contribution in [0.1, 0.15) is 23.9 Å². The first-order valence-corrected chi connectivity index (χ1v) is 7.62. The highest BCUT2D eigenvalue weighted by molar-refractivity contribution is 7.15. The van der Waals surface area contributed by atoms with E-state index in [0.717, 1.165) is 11.3 Å². The minimum atomic E-state index is -0.374. The Bertz CT molecular complexity index is 729. The number of rotatable bonds is 6. The van der Waals surface area contributed by atoms with Crippen LogP contribution in [0, 0.1) is 0 Å². The van der Waals surface area contributed by atoms with Gasteiger partial charge in [0.2, 0.25) is 16.9 Å². The first-order valence-electron chi connectivity index (χ1n) is 6.80. The van der Waals surface area contributed by atoms with E-state index in [4.69, 9.17) is 0 Å². The predicted molar refractivity (Wildman–Crippen MR) is 86.4 cm³/mol. The highest BCUT2D eigenvalue weighted by Crippen LogP contribution is 2.16. The van der Waals surface area contributed by atoms with Crippen LogP contribution in [0.2, 0.25) is 0 Å². The second kappa shape index (κ2) is 7.99. The fraction of sp³-hybridized carbons (Fsp3) is 0.214. The van der Waals surface area contributed by atoms with Gasteiger partial charge in [0.15, 0.2) is 0 Å². The van der Waals surface area contributed by atoms with E-state index in [1.165, 1.54) is 12.3 Å². The van der Waals surface area contributed by atoms with E-state index in [-0.39, 0.29) is 24.0 Å². The zero-order valence-electron chi connectivity index (χ0n) is 12.3. The van der Waals surface area contributed by atoms with E-state index < -0.39 is 0 Å². The number of aromatic nitrogens is 2. The maximum atomic E-state index is 11.7. The number of phenolic OH excluding ortho intramolecular Hbond substituents is 1. The number of nitrogens with zero attached hydrogens (tertiary/aromatic N) is 3. The monoisotopic (exact) mass is 333 g/mol. The summed E-state index contributed by atoms with van der Waals surface area (Å²) in [5.41, 5.74) is 2.83. The lowest BCUT2D eigenvalue weighted by Crippen LogP contribution is -2.19. The van der Waals surface area contributed by atoms with Gasteiger partial charge in [-0.3, -0.25) is 9.59 Å². The van der Waals surface area contributed by atoms with E-state index in [2.05, 4.69) is 26.0 Å². The Hall–Kier alpha value is -2.81. The first-order chi connectivity index (χ1) is 11.1. The molecule has 120 valence electrons. The zero-order valence-corrected chi connectivity index (χ0v) is 13.1. The van der Waals surface area contributed by atoms with Gasteiger partial charge in [0.25, 0.3) is 0 Å². The van der Waals surface area contributed by atoms with Crippen LogP contribution in [0.5, 0.6) is 5.75 Å². The molecule has 8 nitrogen and oxygen atoms in total. The molecule has 0 atom stereocenters. The molecule has 3 N–H and O–H groups in total. The molecule has 1 aromatic heterocycles. The van der Waals surface area contributed by atoms with Gasteiger partial charge in [-0.2, -0.15) is 5.10 Å². The normalized spacial score (nSPS) is 10.7. The average molecular weight is 333 g/mol. The number of carbonyl (C=O) groups is 2. The van der Waals surface area contributed by atoms with Crippen molar-refractivity contribution in [2.75, 3.05) is 5.32 Å². The van der Waals surface area contributed by atoms with Gasteiger partial charge in [0.1, 0.15) is 10.8 Å². The van der Waals surface area contributed by atoms with Crippen LogP contribution in [0.4, 0.5) is 5.13 Å². The van der Waals surface area contributed by atoms with E-state index in [9.17, 15) is 14.7 Å². The molecule has 0 aliphatic rings. The molecule has 0 spiro atoms. The van der Waals surface area contributed by atoms with E-state index >= 15 is 0 Å². The Morgan fingerprint density at radius 2 is 2.09 bits per heavy atom. The number of carbonyl (C=O) groups excluding carboxylic acids is 2. The number of anilines is 1. The van der Waals surface area contributed by atoms with Crippen molar-refractivity contribution < 1.29 is 14.7 Å². The Morgan fingerprint density at radius 1 is 1.30 bits per heavy atom. The van der Waals surface area contributed by atoms with Crippen molar-refractivity contribution in [2.45, 2.75) is 19.8 Å². The molecule has 2 rings (SSSR count). The van der Waals surface area contributed by atoms with Gasteiger partial charge >= 0.3 is 0 Å². The van der Waals surface area contributed by atoms with Crippen LogP contribution in [-0.4, -0.2) is 33.3 Å². The van der Waals surface area contributed by atoms with Crippen molar-refractivity contribution in [3.63, 3.8) is 0 Å². The summed E-state index contributed by atoms with van der Waals surface area (Å²) >= 11 is 1.13. The first kappa shape index (κ1) is 16.6. The molecule has 0 saturated heterocycles. The summed E-state index contributed by atoms with van der Waals surface area (Å²) < 4.78 is 0. The van der Waals surface area contributed by atoms with Crippen molar-refractivity contribution >= 4 is 34.5 Å². The number of hydrazone groups is 1. The van der Waals surface area contributed by atoms with Crippen molar-refractivity contribution in [3.05, 3.63) is 34.8 Å². The summed E-state index contributed by atoms with van der Waals surface area (Å²) in [6.07, 6.45) is 1.69. The molecule has 23 heavy (non-hydrogen) atoms. The fourth-order valence-electron chi connectivity index (χ4n) is 1.53. The molecule has 2 aromatic rings. The molecule has 2 amide bonds. The number of phenols is 1. The predicted octanol–water partition coefficient (Wildman–Crippen LogP) is 1.28. The fourth-order valence-corrected chi connectivity index (χ4v) is 2.29. The number of hydrogen-bond donors (Lipinski definition) is 3. The lowest BCUT2D eigenvalue weighted by Gasteiger charge is -1.98. The van der Waals surface area contributed by atoms with E-state index in [1.807, 2.05) is 0 Å². The van der Waals surface area contributed by atoms with Gasteiger partial charge in [-0.05, 0) is 12.1 Å². The summed E-state index contributed by atoms with van der Waals surface area (Å²) in [5.74, 6) is -0.462. The summed E-state index contributed by atoms with van der Waals surface area (Å²) in [4.78, 5) is 23.0. The largest absolute Gasteiger partial charge is 0.507 e. The summed E-state index contributed by atoms with van der Waals surface area (Å²) in [6.45, 7) is 1.73. The Kier molecular flexibility index (Phi) is 5.75. The Morgan fingerprint density at radius 3 is 2.83 bits per heavy atom. The van der Waals surface area contributed by atoms with Crippen LogP contribution in [0.3, 0.4) is 0 Å². The van der Waals surface area contributed by atoms with Crippen LogP contribution in [0.15, 0.2) is 29.4 Å². The molecule has 0 aliphatic heterocycles. The summed E-state index contributed by atoms with van der Waals surface area (Å²) in [6, 6.07) is 6.63. The van der Waals surface area contributed by atoms with Crippen LogP contribution in [-0.2, 0) is 16.0 Å². The van der Waals surface area contributed by atoms with Crippen molar-refractivity contribution in [2.24, 2.45) is 5.10 Å². The molecule has 0 radical (unpaired) electrons. The quantitative estimate of drug-likeness (QED) is 0.544. The smallest absolute Gasteiger partial charge is 0.247 e. The maximum Gasteiger partial charge on any atom is 0.247 e. The Labute approximate surface area is 136 Å². The molecule has 1 aromatic carbocycles. The standard InChI is InChI=1S/C14H15N5O3S/c1-2-11(21)16-14-19-18-13(23-14)7-12(22)17-15-8-9-5-3-4-6-10(9)20/h3-6,8,20H,2,7H2,1H3,(H,17,22)(H,16,19,21)/b15-8-. The van der Waals surface area contributed by atoms with Gasteiger partial charge in [-0.25, -0.2) is 5.43 Å². The molecule has 0 saturated carbocycles. The van der Waals surface area contributed by atoms with Gasteiger partial charge < -0.3 is 10.4 Å². The van der Waals surface area contributed by atoms with Crippen LogP contribution >= 0.6 is 11.3 Å². The topological polar surface area (TPSA) is 117 Å². The number of hydrogen-bond acceptors (Lipinski definition) is 7. The number of para-hydroxylation sites is 1. The average Bonchev–Trinajstić information content (AvgIpc) is 2.96. The maximum absolute atomic E-state index is 11.7. The molecule has 0 fully saturated rings. The highest BCUT2D eigenvalue weighted by Gasteiger charge is 2.10. The third kappa shape index (κ3) is 5.15. The molecule has 0 unspecified atom stereocenters. The molecular weight excluding hydrogens is 318 g/mol. The number of nitrogens with one attached hydrogen (secondary N) is 2. The third-order valence-corrected chi connectivity index (χ3v) is 3.51. The van der Waals surface area contributed by atoms with Crippen LogP contribution in [0.25, 0.3) is 0 Å². The van der Waals surface area contributed by atoms with Crippen molar-refractivity contribution in [1.82, 2.24) is 15.6 Å². The molecule has 9 heteroatoms. The van der Waals surface area contributed by atoms with Gasteiger partial charge in [-0.15, -0.1) is 10.2 Å². The number of benzene rings is 1. The highest BCUT2D eigenvalue weighted by atomic mass is 32.1. The van der Waals surface area contributed by atoms with Gasteiger partial charge in [-0.1, -0.05) is 30.4 Å². The lowest BCUT2D eigenvalue weighted by molar-refractivity contribution is -0.120. The van der Waals surface area contributed by atoms with Crippen LogP contribution < -0.4 is 10.7 Å². The number of aromatic hydroxyl groups is 1. The SMILES string of the molecule is CCC(=O)Nc1nnc(CC(=O)N/N=C\c2ccccc2O)s1. The van der Waals surface area contributed by atoms with E-state index in [1.54, 1.807) is 25.1 Å². The third-order valence-electron chi connectivity index (χ3n) is 2.68. The zero-order chi connectivity index (χ0) is 16.7. The van der Waals surface area contributed by atoms with Gasteiger partial charge in [0, 0.05) is 12.0 Å². The van der Waals surface area contributed by atoms with Crippen molar-refractivity contribution in [1.29, 1.82) is 0 Å². The number of amides is 2. The molecular formula is C14H15N5O3S. The Balaban J connectivity index is 1.85. The lowest BCUT2D eigenvalue weighted by atomic mass is 10.2. The van der Waals surface area contributed by atoms with E-state index in [0.29, 0.717) is 22.1 Å².